The Morgan fingerprint density at radius 3 is 2.36 bits per heavy atom. The Balaban J connectivity index is 2.12. The van der Waals surface area contributed by atoms with Crippen LogP contribution in [0.1, 0.15) is 52.5 Å². The summed E-state index contributed by atoms with van der Waals surface area (Å²) in [7, 11) is 0. The maximum absolute atomic E-state index is 12.8. The second kappa shape index (κ2) is 9.57. The highest BCUT2D eigenvalue weighted by Gasteiger charge is 2.44. The zero-order valence-corrected chi connectivity index (χ0v) is 17.0. The number of nitrogens with zero attached hydrogens (tertiary/aromatic N) is 1. The van der Waals surface area contributed by atoms with E-state index in [2.05, 4.69) is 0 Å². The molecule has 2 atom stereocenters. The molecule has 1 fully saturated rings. The average Bonchev–Trinajstić information content (AvgIpc) is 3.03. The fraction of sp³-hybridized carbons (Fsp3) is 0.571. The lowest BCUT2D eigenvalue weighted by Gasteiger charge is -2.30. The lowest BCUT2D eigenvalue weighted by Crippen LogP contribution is -2.47. The van der Waals surface area contributed by atoms with Gasteiger partial charge in [0.15, 0.2) is 0 Å². The SMILES string of the molecule is CCOC(=O)CC1CC[C@@H](C(=O)OC(C)(C)C)N1C(=O)OCc1ccccc1. The lowest BCUT2D eigenvalue weighted by molar-refractivity contribution is -0.161. The molecule has 1 saturated heterocycles. The van der Waals surface area contributed by atoms with Crippen LogP contribution in [0.3, 0.4) is 0 Å². The molecule has 28 heavy (non-hydrogen) atoms. The molecule has 0 aliphatic carbocycles. The smallest absolute Gasteiger partial charge is 0.411 e. The monoisotopic (exact) mass is 391 g/mol. The van der Waals surface area contributed by atoms with Gasteiger partial charge in [-0.2, -0.15) is 0 Å². The van der Waals surface area contributed by atoms with Crippen molar-refractivity contribution in [3.05, 3.63) is 35.9 Å². The average molecular weight is 391 g/mol. The number of carbonyl (C=O) groups is 3. The molecule has 1 amide bonds. The van der Waals surface area contributed by atoms with Gasteiger partial charge in [-0.05, 0) is 46.1 Å². The van der Waals surface area contributed by atoms with Crippen molar-refractivity contribution in [2.24, 2.45) is 0 Å². The first-order valence-electron chi connectivity index (χ1n) is 9.58. The summed E-state index contributed by atoms with van der Waals surface area (Å²) in [4.78, 5) is 38.7. The van der Waals surface area contributed by atoms with Gasteiger partial charge in [-0.1, -0.05) is 30.3 Å². The van der Waals surface area contributed by atoms with Crippen molar-refractivity contribution in [1.29, 1.82) is 0 Å². The van der Waals surface area contributed by atoms with E-state index < -0.39 is 35.7 Å². The van der Waals surface area contributed by atoms with Gasteiger partial charge < -0.3 is 14.2 Å². The molecule has 1 unspecified atom stereocenters. The van der Waals surface area contributed by atoms with Gasteiger partial charge in [0.2, 0.25) is 0 Å². The molecule has 7 heteroatoms. The maximum Gasteiger partial charge on any atom is 0.411 e. The fourth-order valence-electron chi connectivity index (χ4n) is 3.17. The Morgan fingerprint density at radius 1 is 1.07 bits per heavy atom. The van der Waals surface area contributed by atoms with Gasteiger partial charge in [0, 0.05) is 6.04 Å². The Kier molecular flexibility index (Phi) is 7.43. The normalized spacial score (nSPS) is 19.2. The van der Waals surface area contributed by atoms with Crippen LogP contribution in [-0.2, 0) is 30.4 Å². The highest BCUT2D eigenvalue weighted by atomic mass is 16.6. The van der Waals surface area contributed by atoms with Crippen LogP contribution in [-0.4, -0.2) is 47.2 Å². The van der Waals surface area contributed by atoms with Crippen molar-refractivity contribution in [2.45, 2.75) is 71.2 Å². The van der Waals surface area contributed by atoms with Crippen molar-refractivity contribution in [3.8, 4) is 0 Å². The predicted octanol–water partition coefficient (Wildman–Crippen LogP) is 3.45. The van der Waals surface area contributed by atoms with Crippen LogP contribution in [0.15, 0.2) is 30.3 Å². The highest BCUT2D eigenvalue weighted by molar-refractivity contribution is 5.83. The maximum atomic E-state index is 12.8. The van der Waals surface area contributed by atoms with Gasteiger partial charge >= 0.3 is 18.0 Å². The molecule has 7 nitrogen and oxygen atoms in total. The molecule has 2 rings (SSSR count). The zero-order valence-electron chi connectivity index (χ0n) is 17.0. The molecular formula is C21H29NO6. The number of likely N-dealkylation sites (tertiary alicyclic amines) is 1. The van der Waals surface area contributed by atoms with E-state index in [1.807, 2.05) is 30.3 Å². The van der Waals surface area contributed by atoms with Gasteiger partial charge in [-0.3, -0.25) is 9.69 Å². The minimum atomic E-state index is -0.776. The molecule has 1 aliphatic rings. The lowest BCUT2D eigenvalue weighted by atomic mass is 10.1. The first kappa shape index (κ1) is 21.7. The van der Waals surface area contributed by atoms with E-state index in [4.69, 9.17) is 14.2 Å². The summed E-state index contributed by atoms with van der Waals surface area (Å²) in [6.45, 7) is 7.39. The third-order valence-corrected chi connectivity index (χ3v) is 4.30. The number of hydrogen-bond acceptors (Lipinski definition) is 6. The van der Waals surface area contributed by atoms with Gasteiger partial charge in [0.25, 0.3) is 0 Å². The summed E-state index contributed by atoms with van der Waals surface area (Å²) in [5.41, 5.74) is 0.168. The largest absolute Gasteiger partial charge is 0.466 e. The molecule has 1 aromatic rings. The second-order valence-electron chi connectivity index (χ2n) is 7.74. The van der Waals surface area contributed by atoms with Crippen LogP contribution in [0.2, 0.25) is 0 Å². The van der Waals surface area contributed by atoms with Gasteiger partial charge in [-0.15, -0.1) is 0 Å². The van der Waals surface area contributed by atoms with Crippen LogP contribution in [0.5, 0.6) is 0 Å². The van der Waals surface area contributed by atoms with E-state index in [0.29, 0.717) is 12.8 Å². The number of amides is 1. The number of esters is 2. The first-order valence-corrected chi connectivity index (χ1v) is 9.58. The summed E-state index contributed by atoms with van der Waals surface area (Å²) in [5.74, 6) is -0.895. The standard InChI is InChI=1S/C21H29NO6/c1-5-26-18(23)13-16-11-12-17(19(24)28-21(2,3)4)22(16)20(25)27-14-15-9-7-6-8-10-15/h6-10,16-17H,5,11-14H2,1-4H3/t16?,17-/m0/s1. The molecular weight excluding hydrogens is 362 g/mol. The topological polar surface area (TPSA) is 82.1 Å². The Hall–Kier alpha value is -2.57. The Bertz CT molecular complexity index is 682. The number of ether oxygens (including phenoxy) is 3. The molecule has 0 bridgehead atoms. The first-order chi connectivity index (χ1) is 13.2. The number of hydrogen-bond donors (Lipinski definition) is 0. The van der Waals surface area contributed by atoms with Crippen LogP contribution in [0.25, 0.3) is 0 Å². The van der Waals surface area contributed by atoms with Crippen LogP contribution < -0.4 is 0 Å². The summed E-state index contributed by atoms with van der Waals surface area (Å²) in [6, 6.07) is 8.04. The molecule has 1 heterocycles. The van der Waals surface area contributed by atoms with E-state index in [1.165, 1.54) is 4.90 Å². The summed E-state index contributed by atoms with van der Waals surface area (Å²) < 4.78 is 15.9. The molecule has 154 valence electrons. The number of rotatable bonds is 6. The quantitative estimate of drug-likeness (QED) is 0.546. The number of benzene rings is 1. The van der Waals surface area contributed by atoms with E-state index >= 15 is 0 Å². The van der Waals surface area contributed by atoms with Crippen molar-refractivity contribution in [2.75, 3.05) is 6.61 Å². The van der Waals surface area contributed by atoms with E-state index in [-0.39, 0.29) is 19.6 Å². The predicted molar refractivity (Wildman–Crippen MR) is 102 cm³/mol. The van der Waals surface area contributed by atoms with Crippen molar-refractivity contribution < 1.29 is 28.6 Å². The van der Waals surface area contributed by atoms with Crippen molar-refractivity contribution >= 4 is 18.0 Å². The second-order valence-corrected chi connectivity index (χ2v) is 7.74. The highest BCUT2D eigenvalue weighted by Crippen LogP contribution is 2.30. The molecule has 0 aromatic heterocycles. The molecule has 0 spiro atoms. The van der Waals surface area contributed by atoms with Crippen LogP contribution in [0.4, 0.5) is 4.79 Å². The Morgan fingerprint density at radius 2 is 1.75 bits per heavy atom. The molecule has 0 saturated carbocycles. The van der Waals surface area contributed by atoms with E-state index in [0.717, 1.165) is 5.56 Å². The van der Waals surface area contributed by atoms with Crippen LogP contribution >= 0.6 is 0 Å². The van der Waals surface area contributed by atoms with E-state index in [1.54, 1.807) is 27.7 Å². The minimum absolute atomic E-state index is 0.0214. The van der Waals surface area contributed by atoms with E-state index in [9.17, 15) is 14.4 Å². The van der Waals surface area contributed by atoms with Gasteiger partial charge in [0.1, 0.15) is 18.2 Å². The Labute approximate surface area is 165 Å². The molecule has 1 aliphatic heterocycles. The molecule has 0 N–H and O–H groups in total. The van der Waals surface area contributed by atoms with Crippen molar-refractivity contribution in [1.82, 2.24) is 4.90 Å². The summed E-state index contributed by atoms with van der Waals surface area (Å²) in [5, 5.41) is 0. The minimum Gasteiger partial charge on any atom is -0.466 e. The molecule has 1 aromatic carbocycles. The van der Waals surface area contributed by atoms with Gasteiger partial charge in [0.05, 0.1) is 13.0 Å². The zero-order chi connectivity index (χ0) is 20.7. The summed E-state index contributed by atoms with van der Waals surface area (Å²) in [6.07, 6.45) is 0.308. The third-order valence-electron chi connectivity index (χ3n) is 4.30. The van der Waals surface area contributed by atoms with Crippen LogP contribution in [0, 0.1) is 0 Å². The molecule has 0 radical (unpaired) electrons. The number of carbonyl (C=O) groups excluding carboxylic acids is 3. The van der Waals surface area contributed by atoms with Gasteiger partial charge in [-0.25, -0.2) is 9.59 Å². The van der Waals surface area contributed by atoms with Crippen molar-refractivity contribution in [3.63, 3.8) is 0 Å². The summed E-state index contributed by atoms with van der Waals surface area (Å²) >= 11 is 0. The third kappa shape index (κ3) is 6.25. The fourth-order valence-corrected chi connectivity index (χ4v) is 3.17.